The second-order valence-electron chi connectivity index (χ2n) is 5.01. The Bertz CT molecular complexity index is 744. The highest BCUT2D eigenvalue weighted by molar-refractivity contribution is 7.91. The van der Waals surface area contributed by atoms with E-state index in [1.54, 1.807) is 11.2 Å². The number of nitrogens with zero attached hydrogens (tertiary/aromatic N) is 2. The predicted molar refractivity (Wildman–Crippen MR) is 84.5 cm³/mol. The first-order valence-electron chi connectivity index (χ1n) is 6.68. The third-order valence-electron chi connectivity index (χ3n) is 3.68. The minimum atomic E-state index is -3.51. The molecule has 2 aromatic rings. The predicted octanol–water partition coefficient (Wildman–Crippen LogP) is 2.89. The van der Waals surface area contributed by atoms with E-state index in [1.807, 2.05) is 12.1 Å². The summed E-state index contributed by atoms with van der Waals surface area (Å²) < 4.78 is 27.6. The van der Waals surface area contributed by atoms with Crippen LogP contribution in [0.2, 0.25) is 4.47 Å². The van der Waals surface area contributed by atoms with Crippen LogP contribution >= 0.6 is 22.9 Å². The molecule has 0 saturated heterocycles. The van der Waals surface area contributed by atoms with Crippen LogP contribution in [0.4, 0.5) is 0 Å². The van der Waals surface area contributed by atoms with Crippen LogP contribution in [0.5, 0.6) is 0 Å². The molecule has 3 rings (SSSR count). The van der Waals surface area contributed by atoms with Gasteiger partial charge in [0.15, 0.2) is 8.68 Å². The molecule has 4 nitrogen and oxygen atoms in total. The molecule has 0 bridgehead atoms. The van der Waals surface area contributed by atoms with E-state index in [0.717, 1.165) is 24.2 Å². The molecule has 1 aliphatic heterocycles. The third kappa shape index (κ3) is 2.85. The molecule has 7 heteroatoms. The molecule has 1 aromatic heterocycles. The van der Waals surface area contributed by atoms with Crippen molar-refractivity contribution in [2.24, 2.45) is 0 Å². The van der Waals surface area contributed by atoms with E-state index in [0.29, 0.717) is 18.8 Å². The Labute approximate surface area is 133 Å². The summed E-state index contributed by atoms with van der Waals surface area (Å²) in [6, 6.07) is 8.13. The molecule has 2 heterocycles. The topological polar surface area (TPSA) is 50.3 Å². The Morgan fingerprint density at radius 3 is 2.24 bits per heavy atom. The van der Waals surface area contributed by atoms with Gasteiger partial charge in [0, 0.05) is 13.1 Å². The number of sulfonamides is 1. The lowest BCUT2D eigenvalue weighted by atomic mass is 10.0. The molecule has 1 aliphatic rings. The number of benzene rings is 1. The summed E-state index contributed by atoms with van der Waals surface area (Å²) in [6.45, 7) is 2.67. The van der Waals surface area contributed by atoms with Gasteiger partial charge >= 0.3 is 0 Å². The van der Waals surface area contributed by atoms with Crippen molar-refractivity contribution in [3.05, 3.63) is 45.6 Å². The van der Waals surface area contributed by atoms with Crippen molar-refractivity contribution in [1.82, 2.24) is 9.29 Å². The quantitative estimate of drug-likeness (QED) is 0.843. The molecule has 1 aromatic carbocycles. The second-order valence-corrected chi connectivity index (χ2v) is 8.73. The number of rotatable bonds is 2. The van der Waals surface area contributed by atoms with Crippen molar-refractivity contribution in [2.45, 2.75) is 24.0 Å². The molecule has 21 heavy (non-hydrogen) atoms. The highest BCUT2D eigenvalue weighted by atomic mass is 35.5. The molecule has 0 N–H and O–H groups in total. The van der Waals surface area contributed by atoms with Gasteiger partial charge in [-0.3, -0.25) is 0 Å². The van der Waals surface area contributed by atoms with Crippen LogP contribution in [0.15, 0.2) is 28.5 Å². The summed E-state index contributed by atoms with van der Waals surface area (Å²) in [4.78, 5) is 4.01. The molecule has 0 saturated carbocycles. The van der Waals surface area contributed by atoms with Gasteiger partial charge in [0.25, 0.3) is 10.0 Å². The fraction of sp³-hybridized carbons (Fsp3) is 0.357. The maximum atomic E-state index is 12.8. The van der Waals surface area contributed by atoms with Gasteiger partial charge in [-0.15, -0.1) is 0 Å². The van der Waals surface area contributed by atoms with E-state index >= 15 is 0 Å². The molecule has 0 fully saturated rings. The first-order valence-corrected chi connectivity index (χ1v) is 9.32. The lowest BCUT2D eigenvalue weighted by molar-refractivity contribution is 0.427. The summed E-state index contributed by atoms with van der Waals surface area (Å²) in [5.74, 6) is 0. The zero-order valence-electron chi connectivity index (χ0n) is 11.5. The Morgan fingerprint density at radius 1 is 1.19 bits per heavy atom. The Morgan fingerprint density at radius 2 is 1.76 bits per heavy atom. The molecule has 0 spiro atoms. The van der Waals surface area contributed by atoms with Crippen molar-refractivity contribution < 1.29 is 8.42 Å². The summed E-state index contributed by atoms with van der Waals surface area (Å²) >= 11 is 6.87. The first kappa shape index (κ1) is 15.0. The van der Waals surface area contributed by atoms with Crippen LogP contribution < -0.4 is 0 Å². The fourth-order valence-electron chi connectivity index (χ4n) is 2.59. The first-order chi connectivity index (χ1) is 9.98. The van der Waals surface area contributed by atoms with Crippen LogP contribution in [-0.2, 0) is 22.9 Å². The van der Waals surface area contributed by atoms with E-state index in [1.165, 1.54) is 11.1 Å². The number of aromatic nitrogens is 1. The van der Waals surface area contributed by atoms with Crippen molar-refractivity contribution in [3.63, 3.8) is 0 Å². The molecular formula is C14H15ClN2O2S2. The third-order valence-corrected chi connectivity index (χ3v) is 7.43. The Hall–Kier alpha value is -0.950. The number of aryl methyl sites for hydroxylation is 1. The van der Waals surface area contributed by atoms with E-state index in [-0.39, 0.29) is 8.68 Å². The van der Waals surface area contributed by atoms with Crippen LogP contribution in [0.3, 0.4) is 0 Å². The zero-order valence-corrected chi connectivity index (χ0v) is 13.9. The second kappa shape index (κ2) is 5.68. The molecule has 0 atom stereocenters. The summed E-state index contributed by atoms with van der Waals surface area (Å²) in [6.07, 6.45) is 1.47. The maximum absolute atomic E-state index is 12.8. The average molecular weight is 343 g/mol. The minimum Gasteiger partial charge on any atom is -0.229 e. The van der Waals surface area contributed by atoms with Crippen LogP contribution in [0, 0.1) is 6.92 Å². The van der Waals surface area contributed by atoms with Gasteiger partial charge < -0.3 is 0 Å². The number of thiazole rings is 1. The lowest BCUT2D eigenvalue weighted by Gasteiger charge is -2.18. The average Bonchev–Trinajstić information content (AvgIpc) is 2.68. The molecule has 112 valence electrons. The Balaban J connectivity index is 1.90. The summed E-state index contributed by atoms with van der Waals surface area (Å²) in [5.41, 5.74) is 2.94. The molecular weight excluding hydrogens is 328 g/mol. The van der Waals surface area contributed by atoms with Gasteiger partial charge in [-0.05, 0) is 30.9 Å². The smallest absolute Gasteiger partial charge is 0.229 e. The van der Waals surface area contributed by atoms with Crippen LogP contribution in [-0.4, -0.2) is 30.8 Å². The van der Waals surface area contributed by atoms with Crippen molar-refractivity contribution in [1.29, 1.82) is 0 Å². The van der Waals surface area contributed by atoms with E-state index in [9.17, 15) is 8.42 Å². The van der Waals surface area contributed by atoms with Crippen molar-refractivity contribution >= 4 is 33.0 Å². The van der Waals surface area contributed by atoms with Gasteiger partial charge in [0.2, 0.25) is 0 Å². The van der Waals surface area contributed by atoms with Crippen LogP contribution in [0.1, 0.15) is 16.8 Å². The molecule has 0 radical (unpaired) electrons. The minimum absolute atomic E-state index is 0.262. The normalized spacial score (nSPS) is 16.5. The molecule has 0 aliphatic carbocycles. The summed E-state index contributed by atoms with van der Waals surface area (Å²) in [5, 5.41) is 0. The van der Waals surface area contributed by atoms with Crippen LogP contribution in [0.25, 0.3) is 0 Å². The number of hydrogen-bond acceptors (Lipinski definition) is 4. The highest BCUT2D eigenvalue weighted by Gasteiger charge is 2.30. The number of halogens is 1. The largest absolute Gasteiger partial charge is 0.254 e. The Kier molecular flexibility index (Phi) is 4.05. The molecule has 0 amide bonds. The van der Waals surface area contributed by atoms with E-state index in [4.69, 9.17) is 11.6 Å². The monoisotopic (exact) mass is 342 g/mol. The fourth-order valence-corrected chi connectivity index (χ4v) is 5.91. The van der Waals surface area contributed by atoms with Crippen molar-refractivity contribution in [2.75, 3.05) is 13.1 Å². The maximum Gasteiger partial charge on any atom is 0.254 e. The van der Waals surface area contributed by atoms with Crippen molar-refractivity contribution in [3.8, 4) is 0 Å². The van der Waals surface area contributed by atoms with Gasteiger partial charge in [-0.25, -0.2) is 13.4 Å². The number of fused-ring (bicyclic) bond motifs is 1. The summed E-state index contributed by atoms with van der Waals surface area (Å²) in [7, 11) is -3.51. The van der Waals surface area contributed by atoms with E-state index in [2.05, 4.69) is 17.1 Å². The number of hydrogen-bond donors (Lipinski definition) is 0. The standard InChI is InChI=1S/C14H15ClN2O2S2/c1-10-13(20-14(15)16-10)21(18,19)17-8-6-11-4-2-3-5-12(11)7-9-17/h2-5H,6-9H2,1H3. The lowest BCUT2D eigenvalue weighted by Crippen LogP contribution is -2.33. The SMILES string of the molecule is Cc1nc(Cl)sc1S(=O)(=O)N1CCc2ccccc2CC1. The van der Waals surface area contributed by atoms with Gasteiger partial charge in [0.1, 0.15) is 0 Å². The van der Waals surface area contributed by atoms with Gasteiger partial charge in [-0.2, -0.15) is 4.31 Å². The van der Waals surface area contributed by atoms with Gasteiger partial charge in [0.05, 0.1) is 5.69 Å². The van der Waals surface area contributed by atoms with E-state index < -0.39 is 10.0 Å². The zero-order chi connectivity index (χ0) is 15.0. The molecule has 0 unspecified atom stereocenters. The van der Waals surface area contributed by atoms with Gasteiger partial charge in [-0.1, -0.05) is 47.2 Å². The highest BCUT2D eigenvalue weighted by Crippen LogP contribution is 2.30.